The van der Waals surface area contributed by atoms with Crippen molar-refractivity contribution in [1.29, 1.82) is 0 Å². The number of quaternary nitrogens is 1. The van der Waals surface area contributed by atoms with Crippen molar-refractivity contribution in [1.82, 2.24) is 0 Å². The summed E-state index contributed by atoms with van der Waals surface area (Å²) in [5.41, 5.74) is -0.0410. The molecule has 1 aliphatic heterocycles. The molecule has 38 heavy (non-hydrogen) atoms. The van der Waals surface area contributed by atoms with Crippen molar-refractivity contribution in [2.75, 3.05) is 24.9 Å². The summed E-state index contributed by atoms with van der Waals surface area (Å²) in [4.78, 5) is 20.5. The summed E-state index contributed by atoms with van der Waals surface area (Å²) in [6.07, 6.45) is -8.72. The number of esters is 1. The predicted octanol–water partition coefficient (Wildman–Crippen LogP) is 2.20. The van der Waals surface area contributed by atoms with Crippen molar-refractivity contribution < 1.29 is 59.5 Å². The summed E-state index contributed by atoms with van der Waals surface area (Å²) in [6.45, 7) is 3.23. The van der Waals surface area contributed by atoms with Gasteiger partial charge in [0.15, 0.2) is 0 Å². The number of halogens is 6. The quantitative estimate of drug-likeness (QED) is 0.405. The molecule has 1 atom stereocenters. The molecular weight excluding hydrogens is 546 g/mol. The highest BCUT2D eigenvalue weighted by atomic mass is 32.2. The molecule has 1 unspecified atom stereocenters. The fourth-order valence-corrected chi connectivity index (χ4v) is 5.17. The number of aryl methyl sites for hydroxylation is 1. The molecule has 0 aliphatic carbocycles. The minimum atomic E-state index is -5.19. The molecule has 210 valence electrons. The molecule has 2 aromatic rings. The van der Waals surface area contributed by atoms with Crippen LogP contribution in [0.15, 0.2) is 41.3 Å². The SMILES string of the molecule is CCc1ccc(C(=O)OC)cc1S(=O)(=O)Nc1cc(C(F)(F)F)ccc1C1CC[NH2+]C1.O=C([O-])C(F)(F)F. The van der Waals surface area contributed by atoms with Crippen molar-refractivity contribution in [2.24, 2.45) is 0 Å². The number of carboxylic acids is 1. The van der Waals surface area contributed by atoms with Gasteiger partial charge in [-0.2, -0.15) is 26.3 Å². The lowest BCUT2D eigenvalue weighted by atomic mass is 9.95. The zero-order valence-electron chi connectivity index (χ0n) is 20.1. The number of hydrogen-bond donors (Lipinski definition) is 2. The molecule has 8 nitrogen and oxygen atoms in total. The normalized spacial score (nSPS) is 15.8. The first-order valence-corrected chi connectivity index (χ1v) is 12.5. The fourth-order valence-electron chi connectivity index (χ4n) is 3.76. The number of carbonyl (C=O) groups is 2. The summed E-state index contributed by atoms with van der Waals surface area (Å²) >= 11 is 0. The topological polar surface area (TPSA) is 129 Å². The number of nitrogens with two attached hydrogens (primary N) is 1. The maximum absolute atomic E-state index is 13.3. The fraction of sp³-hybridized carbons (Fsp3) is 0.391. The maximum atomic E-state index is 13.3. The van der Waals surface area contributed by atoms with E-state index in [1.54, 1.807) is 6.92 Å². The first kappa shape index (κ1) is 30.9. The van der Waals surface area contributed by atoms with Gasteiger partial charge in [-0.25, -0.2) is 13.2 Å². The number of alkyl halides is 6. The van der Waals surface area contributed by atoms with E-state index in [0.29, 0.717) is 24.1 Å². The molecular formula is C23H24F6N2O6S. The van der Waals surface area contributed by atoms with Crippen molar-refractivity contribution in [2.45, 2.75) is 42.9 Å². The van der Waals surface area contributed by atoms with E-state index >= 15 is 0 Å². The van der Waals surface area contributed by atoms with Crippen LogP contribution in [0.2, 0.25) is 0 Å². The molecule has 0 bridgehead atoms. The van der Waals surface area contributed by atoms with Gasteiger partial charge in [0.05, 0.1) is 41.9 Å². The number of aliphatic carboxylic acids is 1. The van der Waals surface area contributed by atoms with Gasteiger partial charge in [-0.15, -0.1) is 0 Å². The molecule has 0 saturated carbocycles. The monoisotopic (exact) mass is 570 g/mol. The Balaban J connectivity index is 0.000000638. The van der Waals surface area contributed by atoms with Gasteiger partial charge in [-0.3, -0.25) is 4.72 Å². The van der Waals surface area contributed by atoms with Crippen LogP contribution in [0.25, 0.3) is 0 Å². The first-order valence-electron chi connectivity index (χ1n) is 11.1. The van der Waals surface area contributed by atoms with Crippen LogP contribution in [-0.4, -0.2) is 46.7 Å². The van der Waals surface area contributed by atoms with E-state index < -0.39 is 39.9 Å². The van der Waals surface area contributed by atoms with E-state index in [9.17, 15) is 39.6 Å². The Hall–Kier alpha value is -3.33. The molecule has 1 fully saturated rings. The van der Waals surface area contributed by atoms with Crippen LogP contribution >= 0.6 is 0 Å². The van der Waals surface area contributed by atoms with E-state index in [2.05, 4.69) is 9.46 Å². The average Bonchev–Trinajstić information content (AvgIpc) is 3.37. The highest BCUT2D eigenvalue weighted by Crippen LogP contribution is 2.36. The van der Waals surface area contributed by atoms with Crippen LogP contribution in [0, 0.1) is 0 Å². The van der Waals surface area contributed by atoms with Crippen LogP contribution in [0.1, 0.15) is 46.3 Å². The summed E-state index contributed by atoms with van der Waals surface area (Å²) in [7, 11) is -3.09. The number of anilines is 1. The number of carbonyl (C=O) groups excluding carboxylic acids is 2. The molecule has 0 aromatic heterocycles. The third-order valence-electron chi connectivity index (χ3n) is 5.63. The molecule has 0 spiro atoms. The summed E-state index contributed by atoms with van der Waals surface area (Å²) in [5.74, 6) is -3.78. The van der Waals surface area contributed by atoms with Crippen molar-refractivity contribution >= 4 is 27.6 Å². The van der Waals surface area contributed by atoms with Crippen molar-refractivity contribution in [3.63, 3.8) is 0 Å². The number of ether oxygens (including phenoxy) is 1. The molecule has 3 rings (SSSR count). The largest absolute Gasteiger partial charge is 0.542 e. The van der Waals surface area contributed by atoms with Crippen LogP contribution in [0.4, 0.5) is 32.0 Å². The Morgan fingerprint density at radius 1 is 1.11 bits per heavy atom. The number of rotatable bonds is 6. The molecule has 3 N–H and O–H groups in total. The lowest BCUT2D eigenvalue weighted by Crippen LogP contribution is -2.81. The van der Waals surface area contributed by atoms with Gasteiger partial charge in [0, 0.05) is 12.3 Å². The lowest BCUT2D eigenvalue weighted by Gasteiger charge is -2.19. The lowest BCUT2D eigenvalue weighted by molar-refractivity contribution is -0.636. The molecule has 1 saturated heterocycles. The van der Waals surface area contributed by atoms with E-state index in [4.69, 9.17) is 9.90 Å². The Bertz CT molecular complexity index is 1270. The third-order valence-corrected chi connectivity index (χ3v) is 7.07. The van der Waals surface area contributed by atoms with Gasteiger partial charge in [-0.1, -0.05) is 19.1 Å². The molecule has 1 heterocycles. The minimum Gasteiger partial charge on any atom is -0.542 e. The second kappa shape index (κ2) is 12.0. The predicted molar refractivity (Wildman–Crippen MR) is 119 cm³/mol. The second-order valence-corrected chi connectivity index (χ2v) is 9.81. The number of nitrogens with one attached hydrogen (secondary N) is 1. The van der Waals surface area contributed by atoms with Gasteiger partial charge in [0.25, 0.3) is 10.0 Å². The van der Waals surface area contributed by atoms with Crippen LogP contribution in [-0.2, 0) is 32.2 Å². The summed E-state index contributed by atoms with van der Waals surface area (Å²) in [5, 5.41) is 10.8. The highest BCUT2D eigenvalue weighted by molar-refractivity contribution is 7.92. The van der Waals surface area contributed by atoms with Gasteiger partial charge < -0.3 is 20.0 Å². The molecule has 0 amide bonds. The summed E-state index contributed by atoms with van der Waals surface area (Å²) in [6, 6.07) is 7.29. The third kappa shape index (κ3) is 7.84. The van der Waals surface area contributed by atoms with Gasteiger partial charge in [-0.05, 0) is 41.8 Å². The van der Waals surface area contributed by atoms with E-state index in [-0.39, 0.29) is 22.1 Å². The smallest absolute Gasteiger partial charge is 0.430 e. The number of methoxy groups -OCH3 is 1. The average molecular weight is 571 g/mol. The first-order chi connectivity index (χ1) is 17.5. The Morgan fingerprint density at radius 2 is 1.74 bits per heavy atom. The Morgan fingerprint density at radius 3 is 2.21 bits per heavy atom. The minimum absolute atomic E-state index is 0.0368. The Labute approximate surface area is 214 Å². The number of carboxylic acid groups (broad SMARTS) is 1. The molecule has 2 aromatic carbocycles. The van der Waals surface area contributed by atoms with Crippen LogP contribution in [0.3, 0.4) is 0 Å². The zero-order valence-corrected chi connectivity index (χ0v) is 20.9. The van der Waals surface area contributed by atoms with Crippen molar-refractivity contribution in [3.05, 3.63) is 58.7 Å². The molecule has 0 radical (unpaired) electrons. The summed E-state index contributed by atoms with van der Waals surface area (Å²) < 4.78 is 105. The molecule has 15 heteroatoms. The maximum Gasteiger partial charge on any atom is 0.430 e. The second-order valence-electron chi connectivity index (χ2n) is 8.16. The zero-order chi connectivity index (χ0) is 28.9. The molecule has 1 aliphatic rings. The Kier molecular flexibility index (Phi) is 9.77. The van der Waals surface area contributed by atoms with Crippen LogP contribution in [0.5, 0.6) is 0 Å². The highest BCUT2D eigenvalue weighted by Gasteiger charge is 2.33. The van der Waals surface area contributed by atoms with E-state index in [1.165, 1.54) is 31.4 Å². The van der Waals surface area contributed by atoms with Gasteiger partial charge >= 0.3 is 18.3 Å². The van der Waals surface area contributed by atoms with Crippen LogP contribution < -0.4 is 15.1 Å². The number of hydrogen-bond acceptors (Lipinski definition) is 6. The van der Waals surface area contributed by atoms with Crippen molar-refractivity contribution in [3.8, 4) is 0 Å². The number of benzene rings is 2. The van der Waals surface area contributed by atoms with E-state index in [1.807, 2.05) is 5.32 Å². The number of sulfonamides is 1. The van der Waals surface area contributed by atoms with Gasteiger partial charge in [0.1, 0.15) is 5.97 Å². The van der Waals surface area contributed by atoms with Gasteiger partial charge in [0.2, 0.25) is 0 Å². The van der Waals surface area contributed by atoms with E-state index in [0.717, 1.165) is 25.1 Å². The standard InChI is InChI=1S/C21H23F3N2O4S.C2HF3O2/c1-3-13-4-5-14(20(27)30-2)10-19(13)31(28,29)26-18-11-16(21(22,23)24)6-7-17(18)15-8-9-25-12-15;3-2(4,5)1(6)7/h4-7,10-11,15,25-26H,3,8-9,12H2,1-2H3;(H,6,7).